The number of hydrogen-bond donors (Lipinski definition) is 0. The molecule has 6 heteroatoms. The molecule has 2 aromatic rings. The Morgan fingerprint density at radius 3 is 2.57 bits per heavy atom. The van der Waals surface area contributed by atoms with Crippen molar-refractivity contribution in [3.05, 3.63) is 47.7 Å². The van der Waals surface area contributed by atoms with Crippen molar-refractivity contribution < 1.29 is 13.9 Å². The summed E-state index contributed by atoms with van der Waals surface area (Å²) < 4.78 is 11.1. The minimum Gasteiger partial charge on any atom is -0.423 e. The molecule has 2 aliphatic rings. The van der Waals surface area contributed by atoms with Gasteiger partial charge in [0.2, 0.25) is 17.7 Å². The molecule has 6 nitrogen and oxygen atoms in total. The van der Waals surface area contributed by atoms with Crippen LogP contribution in [0.3, 0.4) is 0 Å². The highest BCUT2D eigenvalue weighted by Gasteiger charge is 2.40. The van der Waals surface area contributed by atoms with Crippen LogP contribution in [0.4, 0.5) is 0 Å². The van der Waals surface area contributed by atoms with Crippen LogP contribution in [0.5, 0.6) is 0 Å². The summed E-state index contributed by atoms with van der Waals surface area (Å²) >= 11 is 0. The van der Waals surface area contributed by atoms with Crippen molar-refractivity contribution in [3.63, 3.8) is 0 Å². The summed E-state index contributed by atoms with van der Waals surface area (Å²) in [7, 11) is 1.69. The number of amides is 1. The van der Waals surface area contributed by atoms with Crippen LogP contribution in [0.25, 0.3) is 0 Å². The number of carbonyl (C=O) groups is 1. The van der Waals surface area contributed by atoms with E-state index in [0.717, 1.165) is 25.7 Å². The third-order valence-electron chi connectivity index (χ3n) is 6.32. The third kappa shape index (κ3) is 4.12. The fourth-order valence-electron chi connectivity index (χ4n) is 4.71. The molecule has 1 saturated carbocycles. The summed E-state index contributed by atoms with van der Waals surface area (Å²) in [6.07, 6.45) is 5.87. The Morgan fingerprint density at radius 1 is 1.18 bits per heavy atom. The van der Waals surface area contributed by atoms with Crippen molar-refractivity contribution in [3.8, 4) is 0 Å². The number of methoxy groups -OCH3 is 1. The molecule has 1 aliphatic carbocycles. The molecule has 1 aromatic carbocycles. The fraction of sp³-hybridized carbons (Fsp3) is 0.591. The maximum absolute atomic E-state index is 13.1. The predicted octanol–water partition coefficient (Wildman–Crippen LogP) is 4.03. The molecule has 0 unspecified atom stereocenters. The van der Waals surface area contributed by atoms with Gasteiger partial charge in [-0.2, -0.15) is 0 Å². The first kappa shape index (κ1) is 19.1. The van der Waals surface area contributed by atoms with Crippen LogP contribution in [0, 0.1) is 12.8 Å². The maximum Gasteiger partial charge on any atom is 0.239 e. The highest BCUT2D eigenvalue weighted by Crippen LogP contribution is 2.39. The lowest BCUT2D eigenvalue weighted by Gasteiger charge is -2.30. The van der Waals surface area contributed by atoms with E-state index in [1.807, 2.05) is 4.90 Å². The van der Waals surface area contributed by atoms with Crippen molar-refractivity contribution in [1.82, 2.24) is 15.1 Å². The van der Waals surface area contributed by atoms with Crippen LogP contribution >= 0.6 is 0 Å². The van der Waals surface area contributed by atoms with E-state index in [2.05, 4.69) is 40.5 Å². The summed E-state index contributed by atoms with van der Waals surface area (Å²) in [6, 6.07) is 10.6. The molecule has 2 heterocycles. The average Bonchev–Trinajstić information content (AvgIpc) is 3.35. The number of aryl methyl sites for hydroxylation is 1. The zero-order chi connectivity index (χ0) is 19.5. The Morgan fingerprint density at radius 2 is 1.93 bits per heavy atom. The molecule has 4 rings (SSSR count). The van der Waals surface area contributed by atoms with Crippen LogP contribution < -0.4 is 0 Å². The lowest BCUT2D eigenvalue weighted by molar-refractivity contribution is -0.134. The Hall–Kier alpha value is -2.21. The number of ether oxygens (including phenoxy) is 1. The molecule has 150 valence electrons. The van der Waals surface area contributed by atoms with E-state index < -0.39 is 0 Å². The van der Waals surface area contributed by atoms with Gasteiger partial charge in [-0.1, -0.05) is 30.3 Å². The van der Waals surface area contributed by atoms with E-state index in [0.29, 0.717) is 43.0 Å². The highest BCUT2D eigenvalue weighted by molar-refractivity contribution is 5.77. The molecule has 2 fully saturated rings. The van der Waals surface area contributed by atoms with Gasteiger partial charge in [0.05, 0.1) is 6.10 Å². The zero-order valence-corrected chi connectivity index (χ0v) is 16.7. The van der Waals surface area contributed by atoms with Gasteiger partial charge < -0.3 is 14.1 Å². The van der Waals surface area contributed by atoms with E-state index >= 15 is 0 Å². The standard InChI is InChI=1S/C22H29N3O3/c1-15-23-24-22(28-15)20-13-19(27-2)14-25(20)21(26)12-16-8-10-18(11-9-16)17-6-4-3-5-7-17/h3-7,16,18-20H,8-14H2,1-2H3/t16?,18?,19-,20-/m1/s1. The van der Waals surface area contributed by atoms with Crippen molar-refractivity contribution in [2.24, 2.45) is 5.92 Å². The van der Waals surface area contributed by atoms with Crippen LogP contribution in [-0.4, -0.2) is 40.8 Å². The lowest BCUT2D eigenvalue weighted by Crippen LogP contribution is -2.34. The van der Waals surface area contributed by atoms with Crippen LogP contribution in [0.15, 0.2) is 34.7 Å². The molecule has 2 atom stereocenters. The maximum atomic E-state index is 13.1. The van der Waals surface area contributed by atoms with Gasteiger partial charge in [0.25, 0.3) is 0 Å². The van der Waals surface area contributed by atoms with Gasteiger partial charge in [-0.25, -0.2) is 0 Å². The summed E-state index contributed by atoms with van der Waals surface area (Å²) in [5, 5.41) is 8.09. The minimum atomic E-state index is -0.167. The largest absolute Gasteiger partial charge is 0.423 e. The Balaban J connectivity index is 1.36. The number of carbonyl (C=O) groups excluding carboxylic acids is 1. The first-order valence-corrected chi connectivity index (χ1v) is 10.3. The summed E-state index contributed by atoms with van der Waals surface area (Å²) in [5.41, 5.74) is 1.43. The summed E-state index contributed by atoms with van der Waals surface area (Å²) in [4.78, 5) is 15.0. The molecule has 28 heavy (non-hydrogen) atoms. The van der Waals surface area contributed by atoms with Gasteiger partial charge in [0.1, 0.15) is 6.04 Å². The van der Waals surface area contributed by atoms with Crippen LogP contribution in [-0.2, 0) is 9.53 Å². The van der Waals surface area contributed by atoms with Gasteiger partial charge in [0, 0.05) is 33.4 Å². The van der Waals surface area contributed by atoms with E-state index in [9.17, 15) is 4.79 Å². The Bertz CT molecular complexity index is 783. The van der Waals surface area contributed by atoms with Gasteiger partial charge in [0.15, 0.2) is 0 Å². The molecule has 0 N–H and O–H groups in total. The first-order chi connectivity index (χ1) is 13.6. The topological polar surface area (TPSA) is 68.5 Å². The monoisotopic (exact) mass is 383 g/mol. The van der Waals surface area contributed by atoms with Crippen molar-refractivity contribution >= 4 is 5.91 Å². The molecule has 0 radical (unpaired) electrons. The summed E-state index contributed by atoms with van der Waals surface area (Å²) in [6.45, 7) is 2.37. The second-order valence-electron chi connectivity index (χ2n) is 8.15. The normalized spacial score (nSPS) is 27.9. The number of benzene rings is 1. The van der Waals surface area contributed by atoms with Gasteiger partial charge >= 0.3 is 0 Å². The Kier molecular flexibility index (Phi) is 5.76. The highest BCUT2D eigenvalue weighted by atomic mass is 16.5. The molecule has 1 aromatic heterocycles. The first-order valence-electron chi connectivity index (χ1n) is 10.3. The van der Waals surface area contributed by atoms with Gasteiger partial charge in [-0.3, -0.25) is 4.79 Å². The van der Waals surface area contributed by atoms with Gasteiger partial charge in [-0.15, -0.1) is 10.2 Å². The molecule has 1 saturated heterocycles. The number of hydrogen-bond acceptors (Lipinski definition) is 5. The number of nitrogens with zero attached hydrogens (tertiary/aromatic N) is 3. The molecule has 0 bridgehead atoms. The predicted molar refractivity (Wildman–Crippen MR) is 105 cm³/mol. The smallest absolute Gasteiger partial charge is 0.239 e. The molecular weight excluding hydrogens is 354 g/mol. The molecular formula is C22H29N3O3. The van der Waals surface area contributed by atoms with Crippen molar-refractivity contribution in [2.75, 3.05) is 13.7 Å². The molecule has 1 amide bonds. The van der Waals surface area contributed by atoms with Crippen LogP contribution in [0.2, 0.25) is 0 Å². The van der Waals surface area contributed by atoms with E-state index in [1.54, 1.807) is 14.0 Å². The van der Waals surface area contributed by atoms with E-state index in [4.69, 9.17) is 9.15 Å². The molecule has 1 aliphatic heterocycles. The SMILES string of the molecule is CO[C@@H]1C[C@H](c2nnc(C)o2)N(C(=O)CC2CCC(c3ccccc3)CC2)C1. The van der Waals surface area contributed by atoms with Gasteiger partial charge in [-0.05, 0) is 43.1 Å². The lowest BCUT2D eigenvalue weighted by atomic mass is 9.77. The fourth-order valence-corrected chi connectivity index (χ4v) is 4.71. The number of aromatic nitrogens is 2. The average molecular weight is 383 g/mol. The Labute approximate surface area is 166 Å². The second-order valence-corrected chi connectivity index (χ2v) is 8.15. The number of likely N-dealkylation sites (tertiary alicyclic amines) is 1. The van der Waals surface area contributed by atoms with Crippen molar-refractivity contribution in [2.45, 2.75) is 63.5 Å². The zero-order valence-electron chi connectivity index (χ0n) is 16.7. The summed E-state index contributed by atoms with van der Waals surface area (Å²) in [5.74, 6) is 2.33. The van der Waals surface area contributed by atoms with Crippen LogP contribution in [0.1, 0.15) is 67.8 Å². The van der Waals surface area contributed by atoms with E-state index in [-0.39, 0.29) is 18.1 Å². The number of rotatable bonds is 5. The second kappa shape index (κ2) is 8.43. The molecule has 0 spiro atoms. The minimum absolute atomic E-state index is 0.0231. The third-order valence-corrected chi connectivity index (χ3v) is 6.32. The van der Waals surface area contributed by atoms with E-state index in [1.165, 1.54) is 5.56 Å². The van der Waals surface area contributed by atoms with Crippen molar-refractivity contribution in [1.29, 1.82) is 0 Å². The quantitative estimate of drug-likeness (QED) is 0.780.